The molecule has 4 nitrogen and oxygen atoms in total. The SMILES string of the molecule is CCCC(CNC(=O)OC(C)(C)C)NCc1cccc(C)c1. The van der Waals surface area contributed by atoms with Crippen LogP contribution in [0.2, 0.25) is 0 Å². The molecule has 0 aliphatic carbocycles. The second-order valence-corrected chi connectivity index (χ2v) is 6.74. The number of hydrogen-bond acceptors (Lipinski definition) is 3. The third kappa shape index (κ3) is 8.03. The summed E-state index contributed by atoms with van der Waals surface area (Å²) in [6, 6.07) is 8.71. The molecule has 0 bridgehead atoms. The Morgan fingerprint density at radius 3 is 2.64 bits per heavy atom. The smallest absolute Gasteiger partial charge is 0.407 e. The number of aryl methyl sites for hydroxylation is 1. The van der Waals surface area contributed by atoms with Gasteiger partial charge in [0.2, 0.25) is 0 Å². The number of nitrogens with one attached hydrogen (secondary N) is 2. The molecule has 2 N–H and O–H groups in total. The minimum atomic E-state index is -0.459. The van der Waals surface area contributed by atoms with Crippen LogP contribution in [-0.4, -0.2) is 24.3 Å². The van der Waals surface area contributed by atoms with Crippen molar-refractivity contribution in [3.63, 3.8) is 0 Å². The van der Waals surface area contributed by atoms with Gasteiger partial charge in [0.05, 0.1) is 0 Å². The molecule has 0 aromatic heterocycles. The Morgan fingerprint density at radius 1 is 1.32 bits per heavy atom. The minimum Gasteiger partial charge on any atom is -0.444 e. The molecule has 1 aromatic rings. The summed E-state index contributed by atoms with van der Waals surface area (Å²) in [7, 11) is 0. The van der Waals surface area contributed by atoms with Crippen LogP contribution in [0.5, 0.6) is 0 Å². The van der Waals surface area contributed by atoms with Gasteiger partial charge >= 0.3 is 6.09 Å². The first kappa shape index (κ1) is 18.5. The summed E-state index contributed by atoms with van der Waals surface area (Å²) in [6.45, 7) is 11.2. The molecule has 4 heteroatoms. The van der Waals surface area contributed by atoms with Crippen molar-refractivity contribution in [2.75, 3.05) is 6.54 Å². The largest absolute Gasteiger partial charge is 0.444 e. The van der Waals surface area contributed by atoms with Gasteiger partial charge in [-0.05, 0) is 39.7 Å². The molecule has 1 amide bonds. The zero-order valence-corrected chi connectivity index (χ0v) is 14.5. The molecule has 0 spiro atoms. The van der Waals surface area contributed by atoms with E-state index in [1.165, 1.54) is 11.1 Å². The van der Waals surface area contributed by atoms with Gasteiger partial charge in [-0.2, -0.15) is 0 Å². The lowest BCUT2D eigenvalue weighted by Gasteiger charge is -2.22. The maximum absolute atomic E-state index is 11.7. The first-order valence-corrected chi connectivity index (χ1v) is 8.06. The van der Waals surface area contributed by atoms with Gasteiger partial charge in [-0.15, -0.1) is 0 Å². The van der Waals surface area contributed by atoms with Gasteiger partial charge < -0.3 is 15.4 Å². The van der Waals surface area contributed by atoms with Gasteiger partial charge in [-0.1, -0.05) is 43.2 Å². The zero-order chi connectivity index (χ0) is 16.6. The molecule has 1 aromatic carbocycles. The molecule has 1 atom stereocenters. The molecule has 0 aliphatic heterocycles. The molecular formula is C18H30N2O2. The third-order valence-electron chi connectivity index (χ3n) is 3.21. The van der Waals surface area contributed by atoms with E-state index in [0.717, 1.165) is 19.4 Å². The molecule has 0 saturated heterocycles. The number of hydrogen-bond donors (Lipinski definition) is 2. The van der Waals surface area contributed by atoms with E-state index < -0.39 is 5.60 Å². The summed E-state index contributed by atoms with van der Waals surface area (Å²) in [5.74, 6) is 0. The highest BCUT2D eigenvalue weighted by atomic mass is 16.6. The number of ether oxygens (including phenoxy) is 1. The van der Waals surface area contributed by atoms with Crippen molar-refractivity contribution in [2.45, 2.75) is 65.6 Å². The molecular weight excluding hydrogens is 276 g/mol. The Hall–Kier alpha value is -1.55. The van der Waals surface area contributed by atoms with E-state index in [1.54, 1.807) is 0 Å². The number of rotatable bonds is 7. The summed E-state index contributed by atoms with van der Waals surface area (Å²) in [5.41, 5.74) is 2.07. The van der Waals surface area contributed by atoms with Crippen LogP contribution in [-0.2, 0) is 11.3 Å². The van der Waals surface area contributed by atoms with Crippen molar-refractivity contribution in [3.05, 3.63) is 35.4 Å². The number of amides is 1. The fourth-order valence-electron chi connectivity index (χ4n) is 2.23. The third-order valence-corrected chi connectivity index (χ3v) is 3.21. The second kappa shape index (κ2) is 8.79. The van der Waals surface area contributed by atoms with E-state index >= 15 is 0 Å². The maximum Gasteiger partial charge on any atom is 0.407 e. The molecule has 0 heterocycles. The Bertz CT molecular complexity index is 466. The van der Waals surface area contributed by atoms with Crippen LogP contribution >= 0.6 is 0 Å². The number of benzene rings is 1. The molecule has 1 unspecified atom stereocenters. The topological polar surface area (TPSA) is 50.4 Å². The normalized spacial score (nSPS) is 12.8. The highest BCUT2D eigenvalue weighted by Gasteiger charge is 2.17. The van der Waals surface area contributed by atoms with Crippen molar-refractivity contribution in [1.82, 2.24) is 10.6 Å². The van der Waals surface area contributed by atoms with Crippen LogP contribution in [0, 0.1) is 6.92 Å². The fourth-order valence-corrected chi connectivity index (χ4v) is 2.23. The quantitative estimate of drug-likeness (QED) is 0.806. The Labute approximate surface area is 134 Å². The van der Waals surface area contributed by atoms with Gasteiger partial charge in [0.25, 0.3) is 0 Å². The average molecular weight is 306 g/mol. The highest BCUT2D eigenvalue weighted by Crippen LogP contribution is 2.07. The molecule has 0 radical (unpaired) electrons. The lowest BCUT2D eigenvalue weighted by Crippen LogP contribution is -2.42. The summed E-state index contributed by atoms with van der Waals surface area (Å²) >= 11 is 0. The number of alkyl carbamates (subject to hydrolysis) is 1. The van der Waals surface area contributed by atoms with E-state index in [9.17, 15) is 4.79 Å². The predicted molar refractivity (Wildman–Crippen MR) is 91.0 cm³/mol. The fraction of sp³-hybridized carbons (Fsp3) is 0.611. The summed E-state index contributed by atoms with van der Waals surface area (Å²) in [5, 5.41) is 6.36. The number of carbonyl (C=O) groups is 1. The lowest BCUT2D eigenvalue weighted by atomic mass is 10.1. The molecule has 1 rings (SSSR count). The van der Waals surface area contributed by atoms with Gasteiger partial charge in [-0.3, -0.25) is 0 Å². The van der Waals surface area contributed by atoms with E-state index in [0.29, 0.717) is 6.54 Å². The Kier molecular flexibility index (Phi) is 7.39. The Morgan fingerprint density at radius 2 is 2.05 bits per heavy atom. The zero-order valence-electron chi connectivity index (χ0n) is 14.5. The second-order valence-electron chi connectivity index (χ2n) is 6.74. The van der Waals surface area contributed by atoms with Crippen LogP contribution in [0.4, 0.5) is 4.79 Å². The van der Waals surface area contributed by atoms with Crippen molar-refractivity contribution in [3.8, 4) is 0 Å². The van der Waals surface area contributed by atoms with Crippen LogP contribution in [0.15, 0.2) is 24.3 Å². The number of carbonyl (C=O) groups excluding carboxylic acids is 1. The molecule has 0 aliphatic rings. The van der Waals surface area contributed by atoms with Gasteiger partial charge in [0.1, 0.15) is 5.60 Å². The van der Waals surface area contributed by atoms with Crippen LogP contribution in [0.1, 0.15) is 51.7 Å². The molecule has 0 fully saturated rings. The van der Waals surface area contributed by atoms with Gasteiger partial charge in [0, 0.05) is 19.1 Å². The summed E-state index contributed by atoms with van der Waals surface area (Å²) < 4.78 is 5.27. The van der Waals surface area contributed by atoms with Crippen LogP contribution in [0.3, 0.4) is 0 Å². The first-order chi connectivity index (χ1) is 10.3. The van der Waals surface area contributed by atoms with Gasteiger partial charge in [0.15, 0.2) is 0 Å². The van der Waals surface area contributed by atoms with Crippen LogP contribution < -0.4 is 10.6 Å². The minimum absolute atomic E-state index is 0.248. The monoisotopic (exact) mass is 306 g/mol. The summed E-state index contributed by atoms with van der Waals surface area (Å²) in [6.07, 6.45) is 1.73. The standard InChI is InChI=1S/C18H30N2O2/c1-6-8-16(13-20-17(21)22-18(3,4)5)19-12-15-10-7-9-14(2)11-15/h7,9-11,16,19H,6,8,12-13H2,1-5H3,(H,20,21). The van der Waals surface area contributed by atoms with E-state index in [-0.39, 0.29) is 12.1 Å². The molecule has 22 heavy (non-hydrogen) atoms. The maximum atomic E-state index is 11.7. The molecule has 124 valence electrons. The summed E-state index contributed by atoms with van der Waals surface area (Å²) in [4.78, 5) is 11.7. The van der Waals surface area contributed by atoms with Crippen molar-refractivity contribution in [1.29, 1.82) is 0 Å². The van der Waals surface area contributed by atoms with Gasteiger partial charge in [-0.25, -0.2) is 4.79 Å². The lowest BCUT2D eigenvalue weighted by molar-refractivity contribution is 0.0521. The van der Waals surface area contributed by atoms with Crippen molar-refractivity contribution in [2.24, 2.45) is 0 Å². The predicted octanol–water partition coefficient (Wildman–Crippen LogP) is 3.78. The van der Waals surface area contributed by atoms with E-state index in [1.807, 2.05) is 20.8 Å². The van der Waals surface area contributed by atoms with E-state index in [4.69, 9.17) is 4.74 Å². The van der Waals surface area contributed by atoms with E-state index in [2.05, 4.69) is 48.7 Å². The van der Waals surface area contributed by atoms with Crippen LogP contribution in [0.25, 0.3) is 0 Å². The highest BCUT2D eigenvalue weighted by molar-refractivity contribution is 5.67. The molecule has 0 saturated carbocycles. The van der Waals surface area contributed by atoms with Crippen molar-refractivity contribution < 1.29 is 9.53 Å². The Balaban J connectivity index is 2.43. The average Bonchev–Trinajstić information content (AvgIpc) is 2.40. The van der Waals surface area contributed by atoms with Crippen molar-refractivity contribution >= 4 is 6.09 Å². The first-order valence-electron chi connectivity index (χ1n) is 8.06.